The molecule has 24 heavy (non-hydrogen) atoms. The van der Waals surface area contributed by atoms with Gasteiger partial charge in [0.05, 0.1) is 5.56 Å². The van der Waals surface area contributed by atoms with Gasteiger partial charge in [-0.2, -0.15) is 0 Å². The molecule has 1 amide bonds. The van der Waals surface area contributed by atoms with E-state index in [4.69, 9.17) is 0 Å². The van der Waals surface area contributed by atoms with Crippen LogP contribution in [0.15, 0.2) is 61.2 Å². The van der Waals surface area contributed by atoms with Crippen molar-refractivity contribution in [1.82, 2.24) is 20.3 Å². The Hall–Kier alpha value is -3.35. The number of pyridine rings is 1. The van der Waals surface area contributed by atoms with Crippen molar-refractivity contribution in [2.45, 2.75) is 6.54 Å². The molecular formula is C17H14FN5O. The van der Waals surface area contributed by atoms with Crippen LogP contribution in [0.4, 0.5) is 16.0 Å². The monoisotopic (exact) mass is 323 g/mol. The average molecular weight is 323 g/mol. The average Bonchev–Trinajstić information content (AvgIpc) is 2.63. The number of hydrogen-bond acceptors (Lipinski definition) is 5. The van der Waals surface area contributed by atoms with Gasteiger partial charge in [-0.1, -0.05) is 6.07 Å². The zero-order valence-corrected chi connectivity index (χ0v) is 12.6. The molecule has 0 bridgehead atoms. The van der Waals surface area contributed by atoms with Crippen molar-refractivity contribution in [3.63, 3.8) is 0 Å². The van der Waals surface area contributed by atoms with Crippen LogP contribution in [0.1, 0.15) is 15.9 Å². The summed E-state index contributed by atoms with van der Waals surface area (Å²) in [6.45, 7) is 0.377. The first-order chi connectivity index (χ1) is 11.7. The maximum atomic E-state index is 12.9. The number of carbonyl (C=O) groups is 1. The minimum atomic E-state index is -0.317. The van der Waals surface area contributed by atoms with Crippen LogP contribution in [0.5, 0.6) is 0 Å². The van der Waals surface area contributed by atoms with Crippen LogP contribution < -0.4 is 10.6 Å². The third kappa shape index (κ3) is 4.10. The standard InChI is InChI=1S/C17H14FN5O/c18-14-3-5-15(6-4-14)23-17-21-10-13(11-22-17)16(24)20-9-12-2-1-7-19-8-12/h1-8,10-11H,9H2,(H,20,24)(H,21,22,23). The molecule has 2 heterocycles. The zero-order chi connectivity index (χ0) is 16.8. The molecule has 3 aromatic rings. The number of carbonyl (C=O) groups excluding carboxylic acids is 1. The molecule has 0 aliphatic rings. The van der Waals surface area contributed by atoms with Gasteiger partial charge in [-0.25, -0.2) is 14.4 Å². The summed E-state index contributed by atoms with van der Waals surface area (Å²) in [6, 6.07) is 9.51. The Kier molecular flexibility index (Phi) is 4.71. The molecule has 2 N–H and O–H groups in total. The van der Waals surface area contributed by atoms with Crippen molar-refractivity contribution in [3.8, 4) is 0 Å². The minimum absolute atomic E-state index is 0.271. The third-order valence-electron chi connectivity index (χ3n) is 3.19. The quantitative estimate of drug-likeness (QED) is 0.754. The normalized spacial score (nSPS) is 10.2. The lowest BCUT2D eigenvalue weighted by Crippen LogP contribution is -2.23. The van der Waals surface area contributed by atoms with Gasteiger partial charge in [-0.15, -0.1) is 0 Å². The molecule has 120 valence electrons. The van der Waals surface area contributed by atoms with E-state index >= 15 is 0 Å². The van der Waals surface area contributed by atoms with Gasteiger partial charge >= 0.3 is 0 Å². The predicted molar refractivity (Wildman–Crippen MR) is 87.1 cm³/mol. The molecule has 0 saturated carbocycles. The van der Waals surface area contributed by atoms with E-state index in [9.17, 15) is 9.18 Å². The highest BCUT2D eigenvalue weighted by Gasteiger charge is 2.07. The van der Waals surface area contributed by atoms with Crippen LogP contribution in [0, 0.1) is 5.82 Å². The molecule has 0 saturated heterocycles. The van der Waals surface area contributed by atoms with Crippen LogP contribution >= 0.6 is 0 Å². The number of hydrogen-bond donors (Lipinski definition) is 2. The van der Waals surface area contributed by atoms with Gasteiger partial charge in [0.2, 0.25) is 5.95 Å². The molecule has 0 spiro atoms. The van der Waals surface area contributed by atoms with Crippen molar-refractivity contribution < 1.29 is 9.18 Å². The SMILES string of the molecule is O=C(NCc1cccnc1)c1cnc(Nc2ccc(F)cc2)nc1. The first-order valence-corrected chi connectivity index (χ1v) is 7.22. The van der Waals surface area contributed by atoms with Gasteiger partial charge in [0.15, 0.2) is 0 Å². The summed E-state index contributed by atoms with van der Waals surface area (Å²) >= 11 is 0. The Bertz CT molecular complexity index is 807. The number of halogens is 1. The van der Waals surface area contributed by atoms with Crippen molar-refractivity contribution in [2.24, 2.45) is 0 Å². The molecule has 0 aliphatic heterocycles. The largest absolute Gasteiger partial charge is 0.348 e. The Labute approximate surface area is 137 Å². The number of benzene rings is 1. The van der Waals surface area contributed by atoms with E-state index in [1.165, 1.54) is 24.5 Å². The molecule has 3 rings (SSSR count). The summed E-state index contributed by atoms with van der Waals surface area (Å²) in [5.74, 6) is -0.264. The summed E-state index contributed by atoms with van der Waals surface area (Å²) < 4.78 is 12.9. The van der Waals surface area contributed by atoms with Crippen LogP contribution in [0.2, 0.25) is 0 Å². The number of anilines is 2. The van der Waals surface area contributed by atoms with Gasteiger partial charge in [0.1, 0.15) is 5.82 Å². The van der Waals surface area contributed by atoms with E-state index in [-0.39, 0.29) is 11.7 Å². The number of aromatic nitrogens is 3. The topological polar surface area (TPSA) is 79.8 Å². The minimum Gasteiger partial charge on any atom is -0.348 e. The molecular weight excluding hydrogens is 309 g/mol. The maximum absolute atomic E-state index is 12.9. The molecule has 2 aromatic heterocycles. The first kappa shape index (κ1) is 15.5. The second-order valence-electron chi connectivity index (χ2n) is 4.97. The fourth-order valence-corrected chi connectivity index (χ4v) is 1.96. The third-order valence-corrected chi connectivity index (χ3v) is 3.19. The van der Waals surface area contributed by atoms with Gasteiger partial charge < -0.3 is 10.6 Å². The second-order valence-corrected chi connectivity index (χ2v) is 4.97. The van der Waals surface area contributed by atoms with Crippen molar-refractivity contribution in [1.29, 1.82) is 0 Å². The summed E-state index contributed by atoms with van der Waals surface area (Å²) in [7, 11) is 0. The number of rotatable bonds is 5. The van der Waals surface area contributed by atoms with E-state index < -0.39 is 0 Å². The fourth-order valence-electron chi connectivity index (χ4n) is 1.96. The summed E-state index contributed by atoms with van der Waals surface area (Å²) in [4.78, 5) is 24.2. The highest BCUT2D eigenvalue weighted by atomic mass is 19.1. The van der Waals surface area contributed by atoms with Gasteiger partial charge in [-0.05, 0) is 35.9 Å². The Balaban J connectivity index is 1.59. The smallest absolute Gasteiger partial charge is 0.254 e. The molecule has 0 radical (unpaired) electrons. The lowest BCUT2D eigenvalue weighted by Gasteiger charge is -2.06. The summed E-state index contributed by atoms with van der Waals surface area (Å²) in [5, 5.41) is 5.70. The van der Waals surface area contributed by atoms with Crippen molar-refractivity contribution >= 4 is 17.5 Å². The van der Waals surface area contributed by atoms with E-state index in [1.807, 2.05) is 6.07 Å². The predicted octanol–water partition coefficient (Wildman–Crippen LogP) is 2.68. The lowest BCUT2D eigenvalue weighted by atomic mass is 10.2. The van der Waals surface area contributed by atoms with Gasteiger partial charge in [0.25, 0.3) is 5.91 Å². The van der Waals surface area contributed by atoms with Crippen LogP contribution in [0.3, 0.4) is 0 Å². The Morgan fingerprint density at radius 3 is 2.46 bits per heavy atom. The summed E-state index contributed by atoms with van der Waals surface area (Å²) in [5.41, 5.74) is 1.91. The van der Waals surface area contributed by atoms with Crippen LogP contribution in [0.25, 0.3) is 0 Å². The second kappa shape index (κ2) is 7.28. The first-order valence-electron chi connectivity index (χ1n) is 7.22. The molecule has 0 fully saturated rings. The Morgan fingerprint density at radius 1 is 1.04 bits per heavy atom. The van der Waals surface area contributed by atoms with E-state index in [0.29, 0.717) is 23.7 Å². The Morgan fingerprint density at radius 2 is 1.79 bits per heavy atom. The molecule has 0 unspecified atom stereocenters. The van der Waals surface area contributed by atoms with E-state index in [1.54, 1.807) is 30.6 Å². The number of amides is 1. The molecule has 7 heteroatoms. The molecule has 0 atom stereocenters. The summed E-state index contributed by atoms with van der Waals surface area (Å²) in [6.07, 6.45) is 6.22. The number of nitrogens with one attached hydrogen (secondary N) is 2. The van der Waals surface area contributed by atoms with Crippen LogP contribution in [-0.2, 0) is 6.54 Å². The van der Waals surface area contributed by atoms with Crippen LogP contribution in [-0.4, -0.2) is 20.9 Å². The maximum Gasteiger partial charge on any atom is 0.254 e. The van der Waals surface area contributed by atoms with Gasteiger partial charge in [-0.3, -0.25) is 9.78 Å². The van der Waals surface area contributed by atoms with E-state index in [0.717, 1.165) is 5.56 Å². The lowest BCUT2D eigenvalue weighted by molar-refractivity contribution is 0.0950. The number of nitrogens with zero attached hydrogens (tertiary/aromatic N) is 3. The molecule has 0 aliphatic carbocycles. The fraction of sp³-hybridized carbons (Fsp3) is 0.0588. The molecule has 1 aromatic carbocycles. The van der Waals surface area contributed by atoms with Gasteiger partial charge in [0, 0.05) is 37.0 Å². The molecule has 6 nitrogen and oxygen atoms in total. The van der Waals surface area contributed by atoms with E-state index in [2.05, 4.69) is 25.6 Å². The zero-order valence-electron chi connectivity index (χ0n) is 12.6. The highest BCUT2D eigenvalue weighted by molar-refractivity contribution is 5.93. The van der Waals surface area contributed by atoms with Crippen molar-refractivity contribution in [2.75, 3.05) is 5.32 Å². The van der Waals surface area contributed by atoms with Crippen molar-refractivity contribution in [3.05, 3.63) is 78.1 Å². The highest BCUT2D eigenvalue weighted by Crippen LogP contribution is 2.13.